The summed E-state index contributed by atoms with van der Waals surface area (Å²) in [6.45, 7) is 4.72. The molecular formula is C20H22ClNO4. The van der Waals surface area contributed by atoms with Gasteiger partial charge in [0, 0.05) is 13.2 Å². The first-order valence-electron chi connectivity index (χ1n) is 8.66. The van der Waals surface area contributed by atoms with Crippen LogP contribution in [0.4, 0.5) is 0 Å². The number of rotatable bonds is 7. The Balaban J connectivity index is 1.53. The Hall–Kier alpha value is -2.24. The zero-order valence-corrected chi connectivity index (χ0v) is 15.5. The number of ether oxygens (including phenoxy) is 3. The van der Waals surface area contributed by atoms with E-state index in [1.54, 1.807) is 6.07 Å². The molecule has 1 heterocycles. The maximum atomic E-state index is 12.2. The Kier molecular flexibility index (Phi) is 6.36. The second-order valence-electron chi connectivity index (χ2n) is 6.01. The molecular weight excluding hydrogens is 354 g/mol. The number of carbonyl (C=O) groups is 1. The minimum Gasteiger partial charge on any atom is -0.486 e. The molecule has 1 N–H and O–H groups in total. The molecule has 0 aromatic heterocycles. The van der Waals surface area contributed by atoms with Gasteiger partial charge in [0.1, 0.15) is 13.2 Å². The topological polar surface area (TPSA) is 56.8 Å². The van der Waals surface area contributed by atoms with E-state index in [0.717, 1.165) is 16.7 Å². The van der Waals surface area contributed by atoms with Crippen LogP contribution in [0, 0.1) is 0 Å². The molecule has 0 fully saturated rings. The second-order valence-corrected chi connectivity index (χ2v) is 6.42. The van der Waals surface area contributed by atoms with Gasteiger partial charge in [0.05, 0.1) is 18.1 Å². The lowest BCUT2D eigenvalue weighted by Crippen LogP contribution is -2.24. The zero-order chi connectivity index (χ0) is 18.4. The Morgan fingerprint density at radius 2 is 1.85 bits per heavy atom. The number of amides is 1. The molecule has 0 saturated carbocycles. The van der Waals surface area contributed by atoms with E-state index in [4.69, 9.17) is 25.8 Å². The molecule has 0 radical (unpaired) electrons. The predicted molar refractivity (Wildman–Crippen MR) is 99.8 cm³/mol. The van der Waals surface area contributed by atoms with Gasteiger partial charge in [-0.3, -0.25) is 4.79 Å². The van der Waals surface area contributed by atoms with E-state index in [9.17, 15) is 4.79 Å². The SMILES string of the molecule is CCOCc1ccc(CNC(=O)Cc2cc(Cl)c3c(c2)OCCO3)cc1. The van der Waals surface area contributed by atoms with Crippen molar-refractivity contribution in [1.82, 2.24) is 5.32 Å². The van der Waals surface area contributed by atoms with E-state index in [1.807, 2.05) is 37.3 Å². The van der Waals surface area contributed by atoms with Crippen LogP contribution < -0.4 is 14.8 Å². The molecule has 1 aliphatic heterocycles. The molecule has 0 aliphatic carbocycles. The van der Waals surface area contributed by atoms with Gasteiger partial charge in [-0.15, -0.1) is 0 Å². The largest absolute Gasteiger partial charge is 0.486 e. The summed E-state index contributed by atoms with van der Waals surface area (Å²) in [5.74, 6) is 1.07. The standard InChI is InChI=1S/C20H22ClNO4/c1-2-24-13-15-5-3-14(4-6-15)12-22-19(23)11-16-9-17(21)20-18(10-16)25-7-8-26-20/h3-6,9-10H,2,7-8,11-13H2,1H3,(H,22,23). The van der Waals surface area contributed by atoms with Crippen LogP contribution >= 0.6 is 11.6 Å². The summed E-state index contributed by atoms with van der Waals surface area (Å²) in [6.07, 6.45) is 0.235. The Morgan fingerprint density at radius 1 is 1.12 bits per heavy atom. The second kappa shape index (κ2) is 8.92. The molecule has 0 spiro atoms. The lowest BCUT2D eigenvalue weighted by molar-refractivity contribution is -0.120. The maximum Gasteiger partial charge on any atom is 0.224 e. The monoisotopic (exact) mass is 375 g/mol. The van der Waals surface area contributed by atoms with E-state index >= 15 is 0 Å². The molecule has 138 valence electrons. The fraction of sp³-hybridized carbons (Fsp3) is 0.350. The third-order valence-corrected chi connectivity index (χ3v) is 4.29. The summed E-state index contributed by atoms with van der Waals surface area (Å²) in [7, 11) is 0. The number of nitrogens with one attached hydrogen (secondary N) is 1. The zero-order valence-electron chi connectivity index (χ0n) is 14.7. The summed E-state index contributed by atoms with van der Waals surface area (Å²) in [6, 6.07) is 11.6. The van der Waals surface area contributed by atoms with Gasteiger partial charge in [-0.1, -0.05) is 35.9 Å². The highest BCUT2D eigenvalue weighted by atomic mass is 35.5. The normalized spacial score (nSPS) is 12.7. The predicted octanol–water partition coefficient (Wildman–Crippen LogP) is 3.51. The van der Waals surface area contributed by atoms with Crippen LogP contribution in [0.2, 0.25) is 5.02 Å². The Labute approximate surface area is 158 Å². The molecule has 0 unspecified atom stereocenters. The number of fused-ring (bicyclic) bond motifs is 1. The van der Waals surface area contributed by atoms with E-state index in [2.05, 4.69) is 5.32 Å². The first kappa shape index (κ1) is 18.5. The van der Waals surface area contributed by atoms with Gasteiger partial charge in [-0.25, -0.2) is 0 Å². The van der Waals surface area contributed by atoms with Crippen LogP contribution in [0.3, 0.4) is 0 Å². The van der Waals surface area contributed by atoms with Crippen molar-refractivity contribution < 1.29 is 19.0 Å². The Morgan fingerprint density at radius 3 is 2.62 bits per heavy atom. The van der Waals surface area contributed by atoms with Crippen molar-refractivity contribution >= 4 is 17.5 Å². The van der Waals surface area contributed by atoms with Gasteiger partial charge in [0.25, 0.3) is 0 Å². The van der Waals surface area contributed by atoms with Crippen molar-refractivity contribution in [3.05, 3.63) is 58.1 Å². The van der Waals surface area contributed by atoms with Gasteiger partial charge in [-0.05, 0) is 35.7 Å². The number of hydrogen-bond acceptors (Lipinski definition) is 4. The lowest BCUT2D eigenvalue weighted by atomic mass is 10.1. The van der Waals surface area contributed by atoms with Gasteiger partial charge < -0.3 is 19.5 Å². The first-order chi connectivity index (χ1) is 12.7. The molecule has 0 bridgehead atoms. The van der Waals surface area contributed by atoms with Crippen LogP contribution in [0.15, 0.2) is 36.4 Å². The van der Waals surface area contributed by atoms with Crippen molar-refractivity contribution in [1.29, 1.82) is 0 Å². The van der Waals surface area contributed by atoms with Crippen molar-refractivity contribution in [2.45, 2.75) is 26.5 Å². The quantitative estimate of drug-likeness (QED) is 0.804. The molecule has 3 rings (SSSR count). The van der Waals surface area contributed by atoms with Crippen LogP contribution in [0.5, 0.6) is 11.5 Å². The van der Waals surface area contributed by atoms with Crippen LogP contribution in [-0.4, -0.2) is 25.7 Å². The van der Waals surface area contributed by atoms with Gasteiger partial charge in [0.2, 0.25) is 5.91 Å². The van der Waals surface area contributed by atoms with Gasteiger partial charge >= 0.3 is 0 Å². The molecule has 0 saturated heterocycles. The average Bonchev–Trinajstić information content (AvgIpc) is 2.65. The van der Waals surface area contributed by atoms with Gasteiger partial charge in [0.15, 0.2) is 11.5 Å². The minimum atomic E-state index is -0.0730. The number of benzene rings is 2. The molecule has 6 heteroatoms. The van der Waals surface area contributed by atoms with Crippen LogP contribution in [0.1, 0.15) is 23.6 Å². The molecule has 0 atom stereocenters. The van der Waals surface area contributed by atoms with Crippen molar-refractivity contribution in [3.63, 3.8) is 0 Å². The van der Waals surface area contributed by atoms with Gasteiger partial charge in [-0.2, -0.15) is 0 Å². The first-order valence-corrected chi connectivity index (χ1v) is 9.03. The van der Waals surface area contributed by atoms with E-state index < -0.39 is 0 Å². The molecule has 1 aliphatic rings. The number of hydrogen-bond donors (Lipinski definition) is 1. The highest BCUT2D eigenvalue weighted by molar-refractivity contribution is 6.32. The number of carbonyl (C=O) groups excluding carboxylic acids is 1. The molecule has 5 nitrogen and oxygen atoms in total. The summed E-state index contributed by atoms with van der Waals surface area (Å²) in [5, 5.41) is 3.39. The molecule has 2 aromatic rings. The molecule has 2 aromatic carbocycles. The van der Waals surface area contributed by atoms with Crippen LogP contribution in [0.25, 0.3) is 0 Å². The van der Waals surface area contributed by atoms with E-state index in [1.165, 1.54) is 0 Å². The fourth-order valence-electron chi connectivity index (χ4n) is 2.69. The highest BCUT2D eigenvalue weighted by Crippen LogP contribution is 2.38. The van der Waals surface area contributed by atoms with E-state index in [0.29, 0.717) is 49.5 Å². The summed E-state index contributed by atoms with van der Waals surface area (Å²) in [5.41, 5.74) is 2.95. The van der Waals surface area contributed by atoms with Crippen LogP contribution in [-0.2, 0) is 29.1 Å². The van der Waals surface area contributed by atoms with Crippen molar-refractivity contribution in [2.24, 2.45) is 0 Å². The summed E-state index contributed by atoms with van der Waals surface area (Å²) in [4.78, 5) is 12.2. The fourth-order valence-corrected chi connectivity index (χ4v) is 2.98. The van der Waals surface area contributed by atoms with Crippen molar-refractivity contribution in [3.8, 4) is 11.5 Å². The smallest absolute Gasteiger partial charge is 0.224 e. The molecule has 1 amide bonds. The van der Waals surface area contributed by atoms with Crippen molar-refractivity contribution in [2.75, 3.05) is 19.8 Å². The molecule has 26 heavy (non-hydrogen) atoms. The lowest BCUT2D eigenvalue weighted by Gasteiger charge is -2.20. The van der Waals surface area contributed by atoms with E-state index in [-0.39, 0.29) is 12.3 Å². The Bertz CT molecular complexity index is 761. The maximum absolute atomic E-state index is 12.2. The highest BCUT2D eigenvalue weighted by Gasteiger charge is 2.17. The summed E-state index contributed by atoms with van der Waals surface area (Å²) < 4.78 is 16.4. The number of halogens is 1. The summed E-state index contributed by atoms with van der Waals surface area (Å²) >= 11 is 6.21. The third-order valence-electron chi connectivity index (χ3n) is 4.01. The average molecular weight is 376 g/mol. The third kappa shape index (κ3) is 4.90. The minimum absolute atomic E-state index is 0.0730.